The molecule has 0 fully saturated rings. The van der Waals surface area contributed by atoms with E-state index in [2.05, 4.69) is 39.5 Å². The summed E-state index contributed by atoms with van der Waals surface area (Å²) in [4.78, 5) is 85.9. The molecule has 0 radical (unpaired) electrons. The van der Waals surface area contributed by atoms with E-state index >= 15 is 0 Å². The quantitative estimate of drug-likeness (QED) is 0.0721. The average Bonchev–Trinajstić information content (AvgIpc) is 3.53. The van der Waals surface area contributed by atoms with Gasteiger partial charge in [0, 0.05) is 21.1 Å². The van der Waals surface area contributed by atoms with Gasteiger partial charge >= 0.3 is 0 Å². The summed E-state index contributed by atoms with van der Waals surface area (Å²) < 4.78 is 0. The van der Waals surface area contributed by atoms with Gasteiger partial charge in [0.2, 0.25) is 0 Å². The molecule has 450 valence electrons. The minimum Gasteiger partial charge on any atom is -0.545 e. The second-order valence-corrected chi connectivity index (χ2v) is 17.3. The normalized spacial score (nSPS) is 8.89. The van der Waals surface area contributed by atoms with Crippen LogP contribution in [0.4, 0.5) is 0 Å². The molecule has 6 rings (SSSR count). The fraction of sp³-hybridized carbons (Fsp3) is 0.174. The first-order valence-electron chi connectivity index (χ1n) is 25.6. The Hall–Kier alpha value is -9.72. The predicted molar refractivity (Wildman–Crippen MR) is 315 cm³/mol. The molecule has 0 aliphatic heterocycles. The first-order chi connectivity index (χ1) is 40.2. The van der Waals surface area contributed by atoms with E-state index in [0.717, 1.165) is 33.4 Å². The topological polar surface area (TPSA) is 292 Å². The molecule has 0 saturated carbocycles. The summed E-state index contributed by atoms with van der Waals surface area (Å²) in [6.07, 6.45) is 6.92. The van der Waals surface area contributed by atoms with Crippen LogP contribution in [0.5, 0.6) is 0 Å². The molecule has 0 unspecified atom stereocenters. The number of carboxylic acids is 6. The third kappa shape index (κ3) is 45.6. The molecular formula is C69H72O15W-6. The second-order valence-electron chi connectivity index (χ2n) is 17.3. The van der Waals surface area contributed by atoms with E-state index in [1.165, 1.54) is 0 Å². The standard InChI is InChI=1S/6C11H12O2.3CH2O.W/c6*1-9(11(12)13)7-8-10-5-3-2-4-6-10;3*1-2;/h6*2-6H,1,7-8H2,(H,12,13);3*1H2;/p-6. The Kier molecular flexibility index (Phi) is 51.5. The fourth-order valence-corrected chi connectivity index (χ4v) is 6.25. The monoisotopic (exact) mass is 1320 g/mol. The maximum absolute atomic E-state index is 10.3. The van der Waals surface area contributed by atoms with Gasteiger partial charge in [-0.2, -0.15) is 0 Å². The van der Waals surface area contributed by atoms with E-state index < -0.39 is 35.8 Å². The van der Waals surface area contributed by atoms with Crippen LogP contribution in [0.25, 0.3) is 0 Å². The van der Waals surface area contributed by atoms with Crippen molar-refractivity contribution in [3.63, 3.8) is 0 Å². The fourth-order valence-electron chi connectivity index (χ4n) is 6.25. The van der Waals surface area contributed by atoms with Crippen molar-refractivity contribution < 1.29 is 94.9 Å². The molecule has 0 aliphatic rings. The molecule has 0 aromatic heterocycles. The van der Waals surface area contributed by atoms with E-state index in [1.807, 2.05) is 202 Å². The number of hydrogen-bond donors (Lipinski definition) is 0. The Morgan fingerprint density at radius 2 is 0.318 bits per heavy atom. The SMILES string of the molecule is C=C(CCc1ccccc1)C(=O)[O-].C=C(CCc1ccccc1)C(=O)[O-].C=C(CCc1ccccc1)C(=O)[O-].C=C(CCc1ccccc1)C(=O)[O-].C=C(CCc1ccccc1)C(=O)[O-].C=C(CCc1ccccc1)C(=O)[O-].C=O.C=O.C=O.[W]. The Labute approximate surface area is 513 Å². The van der Waals surface area contributed by atoms with Crippen LogP contribution in [0.3, 0.4) is 0 Å². The third-order valence-corrected chi connectivity index (χ3v) is 11.1. The molecule has 0 amide bonds. The summed E-state index contributed by atoms with van der Waals surface area (Å²) >= 11 is 0. The van der Waals surface area contributed by atoms with Crippen LogP contribution in [0.2, 0.25) is 0 Å². The van der Waals surface area contributed by atoms with E-state index in [1.54, 1.807) is 0 Å². The number of aliphatic carboxylic acids is 6. The van der Waals surface area contributed by atoms with Crippen LogP contribution in [-0.4, -0.2) is 56.2 Å². The van der Waals surface area contributed by atoms with Gasteiger partial charge in [0.25, 0.3) is 0 Å². The molecule has 6 aromatic carbocycles. The first-order valence-corrected chi connectivity index (χ1v) is 25.6. The summed E-state index contributed by atoms with van der Waals surface area (Å²) in [5, 5.41) is 61.9. The molecule has 0 bridgehead atoms. The molecule has 16 heteroatoms. The molecule has 0 saturated heterocycles. The maximum atomic E-state index is 10.3. The van der Waals surface area contributed by atoms with Gasteiger partial charge in [0.1, 0.15) is 20.4 Å². The molecule has 0 N–H and O–H groups in total. The molecule has 15 nitrogen and oxygen atoms in total. The Bertz CT molecular complexity index is 2380. The summed E-state index contributed by atoms with van der Waals surface area (Å²) in [5.74, 6) is -6.94. The van der Waals surface area contributed by atoms with Gasteiger partial charge in [0.05, 0.1) is 35.8 Å². The van der Waals surface area contributed by atoms with Crippen molar-refractivity contribution in [3.05, 3.63) is 288 Å². The van der Waals surface area contributed by atoms with Crippen molar-refractivity contribution >= 4 is 56.2 Å². The average molecular weight is 1330 g/mol. The first kappa shape index (κ1) is 81.7. The minimum absolute atomic E-state index is 0. The van der Waals surface area contributed by atoms with Crippen LogP contribution < -0.4 is 30.6 Å². The van der Waals surface area contributed by atoms with Crippen molar-refractivity contribution in [3.8, 4) is 0 Å². The summed E-state index contributed by atoms with van der Waals surface area (Å²) in [6, 6.07) is 58.2. The van der Waals surface area contributed by atoms with Crippen LogP contribution in [0.1, 0.15) is 71.9 Å². The van der Waals surface area contributed by atoms with Crippen LogP contribution in [-0.2, 0) is 103 Å². The Morgan fingerprint density at radius 1 is 0.224 bits per heavy atom. The minimum atomic E-state index is -1.16. The summed E-state index contributed by atoms with van der Waals surface area (Å²) in [7, 11) is 0. The van der Waals surface area contributed by atoms with Crippen molar-refractivity contribution in [2.24, 2.45) is 0 Å². The molecule has 0 heterocycles. The van der Waals surface area contributed by atoms with Crippen molar-refractivity contribution in [2.45, 2.75) is 77.0 Å². The third-order valence-electron chi connectivity index (χ3n) is 11.1. The molecule has 0 atom stereocenters. The van der Waals surface area contributed by atoms with Gasteiger partial charge in [-0.3, -0.25) is 0 Å². The smallest absolute Gasteiger partial charge is 0.106 e. The van der Waals surface area contributed by atoms with Gasteiger partial charge in [-0.1, -0.05) is 221 Å². The zero-order chi connectivity index (χ0) is 64.1. The number of hydrogen-bond acceptors (Lipinski definition) is 15. The summed E-state index contributed by atoms with van der Waals surface area (Å²) in [5.41, 5.74) is 7.63. The number of benzene rings is 6. The summed E-state index contributed by atoms with van der Waals surface area (Å²) in [6.45, 7) is 26.4. The number of aryl methyl sites for hydroxylation is 6. The van der Waals surface area contributed by atoms with E-state index in [9.17, 15) is 59.4 Å². The van der Waals surface area contributed by atoms with E-state index in [4.69, 9.17) is 14.4 Å². The molecule has 0 aliphatic carbocycles. The maximum Gasteiger partial charge on any atom is 0.106 e. The Morgan fingerprint density at radius 3 is 0.400 bits per heavy atom. The van der Waals surface area contributed by atoms with E-state index in [-0.39, 0.29) is 54.5 Å². The second kappa shape index (κ2) is 53.6. The van der Waals surface area contributed by atoms with Crippen LogP contribution in [0, 0.1) is 0 Å². The predicted octanol–water partition coefficient (Wildman–Crippen LogP) is 4.99. The number of carbonyl (C=O) groups excluding carboxylic acids is 9. The molecule has 85 heavy (non-hydrogen) atoms. The molecule has 6 aromatic rings. The molecule has 0 spiro atoms. The van der Waals surface area contributed by atoms with Gasteiger partial charge in [-0.25, -0.2) is 0 Å². The van der Waals surface area contributed by atoms with Crippen LogP contribution in [0.15, 0.2) is 255 Å². The van der Waals surface area contributed by atoms with Gasteiger partial charge < -0.3 is 73.8 Å². The van der Waals surface area contributed by atoms with Gasteiger partial charge in [-0.15, -0.1) is 0 Å². The molecular weight excluding hydrogens is 1250 g/mol. The van der Waals surface area contributed by atoms with Crippen LogP contribution >= 0.6 is 0 Å². The Balaban J connectivity index is -0.000000453. The zero-order valence-corrected chi connectivity index (χ0v) is 50.6. The number of carbonyl (C=O) groups is 9. The van der Waals surface area contributed by atoms with Gasteiger partial charge in [-0.05, 0) is 144 Å². The van der Waals surface area contributed by atoms with Crippen molar-refractivity contribution in [2.75, 3.05) is 0 Å². The zero-order valence-electron chi connectivity index (χ0n) is 47.7. The van der Waals surface area contributed by atoms with Crippen molar-refractivity contribution in [1.29, 1.82) is 0 Å². The van der Waals surface area contributed by atoms with Gasteiger partial charge in [0.15, 0.2) is 0 Å². The number of rotatable bonds is 24. The van der Waals surface area contributed by atoms with Crippen molar-refractivity contribution in [1.82, 2.24) is 0 Å². The largest absolute Gasteiger partial charge is 0.545 e. The van der Waals surface area contributed by atoms with E-state index in [0.29, 0.717) is 77.0 Å². The number of carboxylic acid groups (broad SMARTS) is 6.